The average molecular weight is 645 g/mol. The van der Waals surface area contributed by atoms with E-state index < -0.39 is 53.7 Å². The van der Waals surface area contributed by atoms with Crippen molar-refractivity contribution >= 4 is 40.9 Å². The number of piperazine rings is 1. The molecule has 0 radical (unpaired) electrons. The Hall–Kier alpha value is -3.65. The monoisotopic (exact) mass is 644 g/mol. The number of carbonyl (C=O) groups excluding carboxylic acids is 3. The third-order valence-electron chi connectivity index (χ3n) is 7.80. The molecule has 2 saturated heterocycles. The Kier molecular flexibility index (Phi) is 10.9. The summed E-state index contributed by atoms with van der Waals surface area (Å²) in [4.78, 5) is 41.4. The van der Waals surface area contributed by atoms with Crippen LogP contribution in [-0.4, -0.2) is 79.2 Å². The maximum Gasteiger partial charge on any atom is 0.390 e. The van der Waals surface area contributed by atoms with Crippen LogP contribution >= 0.6 is 11.6 Å². The lowest BCUT2D eigenvalue weighted by atomic mass is 9.99. The Bertz CT molecular complexity index is 1370. The van der Waals surface area contributed by atoms with Crippen LogP contribution < -0.4 is 20.6 Å². The number of hydrogen-bond acceptors (Lipinski definition) is 6. The molecule has 240 valence electrons. The number of rotatable bonds is 9. The zero-order valence-corrected chi connectivity index (χ0v) is 24.4. The molecule has 2 aromatic carbocycles. The van der Waals surface area contributed by atoms with Gasteiger partial charge in [-0.05, 0) is 43.5 Å². The molecule has 2 heterocycles. The molecule has 44 heavy (non-hydrogen) atoms. The fraction of sp³-hybridized carbons (Fsp3) is 0.483. The lowest BCUT2D eigenvalue weighted by Crippen LogP contribution is -2.51. The molecule has 2 fully saturated rings. The average Bonchev–Trinajstić information content (AvgIpc) is 2.97. The first-order valence-electron chi connectivity index (χ1n) is 14.2. The summed E-state index contributed by atoms with van der Waals surface area (Å²) < 4.78 is 67.7. The lowest BCUT2D eigenvalue weighted by Gasteiger charge is -2.37. The van der Waals surface area contributed by atoms with Gasteiger partial charge in [0.15, 0.2) is 11.6 Å². The molecule has 4 rings (SSSR count). The third kappa shape index (κ3) is 8.72. The number of anilines is 2. The quantitative estimate of drug-likeness (QED) is 0.398. The number of likely N-dealkylation sites (tertiary alicyclic amines) is 1. The molecular weight excluding hydrogens is 613 g/mol. The van der Waals surface area contributed by atoms with Gasteiger partial charge in [-0.1, -0.05) is 17.7 Å². The van der Waals surface area contributed by atoms with E-state index in [0.29, 0.717) is 49.7 Å². The van der Waals surface area contributed by atoms with Crippen molar-refractivity contribution in [2.24, 2.45) is 0 Å². The first kappa shape index (κ1) is 33.2. The van der Waals surface area contributed by atoms with Crippen LogP contribution in [0.25, 0.3) is 0 Å². The van der Waals surface area contributed by atoms with E-state index in [0.717, 1.165) is 17.4 Å². The largest absolute Gasteiger partial charge is 0.530 e. The van der Waals surface area contributed by atoms with Gasteiger partial charge >= 0.3 is 6.18 Å². The second kappa shape index (κ2) is 14.4. The van der Waals surface area contributed by atoms with E-state index in [1.807, 2.05) is 4.90 Å². The van der Waals surface area contributed by atoms with Crippen LogP contribution in [0.5, 0.6) is 0 Å². The summed E-state index contributed by atoms with van der Waals surface area (Å²) in [5.74, 6) is -4.22. The van der Waals surface area contributed by atoms with Crippen molar-refractivity contribution in [2.45, 2.75) is 50.9 Å². The molecule has 15 heteroatoms. The van der Waals surface area contributed by atoms with Gasteiger partial charge in [0.25, 0.3) is 5.91 Å². The van der Waals surface area contributed by atoms with E-state index >= 15 is 4.39 Å². The van der Waals surface area contributed by atoms with Crippen molar-refractivity contribution < 1.29 is 41.4 Å². The Morgan fingerprint density at radius 3 is 2.39 bits per heavy atom. The Morgan fingerprint density at radius 1 is 0.977 bits per heavy atom. The maximum atomic E-state index is 15.0. The molecule has 9 nitrogen and oxygen atoms in total. The fourth-order valence-corrected chi connectivity index (χ4v) is 5.56. The van der Waals surface area contributed by atoms with Gasteiger partial charge in [-0.2, -0.15) is 13.2 Å². The number of halogens is 6. The van der Waals surface area contributed by atoms with Gasteiger partial charge < -0.3 is 30.3 Å². The first-order valence-corrected chi connectivity index (χ1v) is 14.6. The second-order valence-corrected chi connectivity index (χ2v) is 11.2. The van der Waals surface area contributed by atoms with E-state index in [1.165, 1.54) is 18.2 Å². The van der Waals surface area contributed by atoms with Gasteiger partial charge in [0.2, 0.25) is 5.91 Å². The molecular formula is C29H32ClF5N5O4-. The minimum Gasteiger partial charge on any atom is -0.530 e. The summed E-state index contributed by atoms with van der Waals surface area (Å²) in [6, 6.07) is 6.27. The number of amides is 3. The molecule has 0 saturated carbocycles. The molecule has 0 spiro atoms. The van der Waals surface area contributed by atoms with Crippen LogP contribution in [-0.2, 0) is 11.3 Å². The molecule has 0 bridgehead atoms. The molecule has 0 aromatic heterocycles. The maximum absolute atomic E-state index is 15.0. The highest BCUT2D eigenvalue weighted by atomic mass is 35.5. The summed E-state index contributed by atoms with van der Waals surface area (Å²) in [6.07, 6.45) is -4.76. The fourth-order valence-electron chi connectivity index (χ4n) is 5.39. The summed E-state index contributed by atoms with van der Waals surface area (Å²) in [7, 11) is 0. The van der Waals surface area contributed by atoms with Crippen LogP contribution in [0.1, 0.15) is 48.0 Å². The smallest absolute Gasteiger partial charge is 0.390 e. The zero-order chi connectivity index (χ0) is 32.0. The molecule has 2 aliphatic rings. The van der Waals surface area contributed by atoms with Crippen molar-refractivity contribution in [1.29, 1.82) is 0 Å². The van der Waals surface area contributed by atoms with Gasteiger partial charge in [-0.15, -0.1) is 0 Å². The van der Waals surface area contributed by atoms with Crippen LogP contribution in [0, 0.1) is 11.6 Å². The number of nitrogens with zero attached hydrogens (tertiary/aromatic N) is 3. The number of carbonyl (C=O) groups is 3. The molecule has 3 amide bonds. The third-order valence-corrected chi connectivity index (χ3v) is 8.03. The first-order chi connectivity index (χ1) is 20.8. The standard InChI is InChI=1S/C29H33ClF5N5O4/c30-19-5-7-22(23(15-19)39-13-11-38(12-14-39)10-8-29(33,34)35)37-27(42)21-6-4-18(25(31)26(21)32)17-36-24(41)16-20-3-1-2-9-40(20)28(43)44/h4-7,15,20H,1-3,8-14,16-17H2,(H,36,41)(H,37,42)(H,43,44)/p-1. The number of piperidine rings is 1. The summed E-state index contributed by atoms with van der Waals surface area (Å²) in [5.41, 5.74) is -0.0463. The SMILES string of the molecule is O=C(CC1CCCCN1C(=O)[O-])NCc1ccc(C(=O)Nc2ccc(Cl)cc2N2CCN(CCC(F)(F)F)CC2)c(F)c1F. The Labute approximate surface area is 255 Å². The molecule has 1 unspecified atom stereocenters. The Morgan fingerprint density at radius 2 is 1.70 bits per heavy atom. The van der Waals surface area contributed by atoms with Crippen molar-refractivity contribution in [1.82, 2.24) is 15.1 Å². The number of alkyl halides is 3. The van der Waals surface area contributed by atoms with E-state index in [1.54, 1.807) is 11.0 Å². The number of carboxylic acid groups (broad SMARTS) is 1. The molecule has 0 aliphatic carbocycles. The highest BCUT2D eigenvalue weighted by Crippen LogP contribution is 2.31. The van der Waals surface area contributed by atoms with Crippen LogP contribution in [0.4, 0.5) is 38.1 Å². The Balaban J connectivity index is 1.38. The summed E-state index contributed by atoms with van der Waals surface area (Å²) in [6.45, 7) is 1.18. The second-order valence-electron chi connectivity index (χ2n) is 10.8. The van der Waals surface area contributed by atoms with Gasteiger partial charge in [-0.3, -0.25) is 14.5 Å². The van der Waals surface area contributed by atoms with Crippen LogP contribution in [0.2, 0.25) is 5.02 Å². The summed E-state index contributed by atoms with van der Waals surface area (Å²) >= 11 is 6.16. The van der Waals surface area contributed by atoms with E-state index in [9.17, 15) is 37.1 Å². The predicted molar refractivity (Wildman–Crippen MR) is 151 cm³/mol. The minimum absolute atomic E-state index is 0.122. The highest BCUT2D eigenvalue weighted by Gasteiger charge is 2.30. The van der Waals surface area contributed by atoms with Crippen molar-refractivity contribution in [3.63, 3.8) is 0 Å². The van der Waals surface area contributed by atoms with Gasteiger partial charge in [-0.25, -0.2) is 8.78 Å². The topological polar surface area (TPSA) is 108 Å². The normalized spacial score (nSPS) is 17.8. The summed E-state index contributed by atoms with van der Waals surface area (Å²) in [5, 5.41) is 16.7. The molecule has 2 aromatic rings. The van der Waals surface area contributed by atoms with E-state index in [-0.39, 0.29) is 37.3 Å². The number of hydrogen-bond donors (Lipinski definition) is 2. The van der Waals surface area contributed by atoms with Gasteiger partial charge in [0.1, 0.15) is 6.09 Å². The predicted octanol–water partition coefficient (Wildman–Crippen LogP) is 4.15. The van der Waals surface area contributed by atoms with Crippen molar-refractivity contribution in [2.75, 3.05) is 49.5 Å². The highest BCUT2D eigenvalue weighted by molar-refractivity contribution is 6.31. The van der Waals surface area contributed by atoms with Gasteiger partial charge in [0, 0.05) is 68.9 Å². The molecule has 2 N–H and O–H groups in total. The zero-order valence-electron chi connectivity index (χ0n) is 23.7. The van der Waals surface area contributed by atoms with Crippen molar-refractivity contribution in [3.8, 4) is 0 Å². The minimum atomic E-state index is -4.25. The van der Waals surface area contributed by atoms with Crippen molar-refractivity contribution in [3.05, 3.63) is 58.1 Å². The molecule has 1 atom stereocenters. The lowest BCUT2D eigenvalue weighted by molar-refractivity contribution is -0.269. The van der Waals surface area contributed by atoms with E-state index in [2.05, 4.69) is 10.6 Å². The van der Waals surface area contributed by atoms with Crippen LogP contribution in [0.15, 0.2) is 30.3 Å². The number of nitrogens with one attached hydrogen (secondary N) is 2. The van der Waals surface area contributed by atoms with E-state index in [4.69, 9.17) is 11.6 Å². The molecule has 2 aliphatic heterocycles. The number of benzene rings is 2. The van der Waals surface area contributed by atoms with Gasteiger partial charge in [0.05, 0.1) is 23.4 Å². The van der Waals surface area contributed by atoms with Crippen LogP contribution in [0.3, 0.4) is 0 Å².